The zero-order chi connectivity index (χ0) is 23.6. The third kappa shape index (κ3) is 7.43. The fourth-order valence-corrected chi connectivity index (χ4v) is 4.76. The molecule has 1 N–H and O–H groups in total. The highest BCUT2D eigenvalue weighted by Crippen LogP contribution is 2.32. The van der Waals surface area contributed by atoms with Gasteiger partial charge in [-0.1, -0.05) is 12.1 Å². The minimum Gasteiger partial charge on any atom is -0.492 e. The minimum absolute atomic E-state index is 0.111. The van der Waals surface area contributed by atoms with Gasteiger partial charge in [-0.05, 0) is 69.8 Å². The molecule has 0 aliphatic rings. The minimum atomic E-state index is -4.00. The lowest BCUT2D eigenvalue weighted by Crippen LogP contribution is -2.41. The van der Waals surface area contributed by atoms with E-state index in [-0.39, 0.29) is 17.5 Å². The summed E-state index contributed by atoms with van der Waals surface area (Å²) in [6.07, 6.45) is 2.69. The molecular weight excluding hydrogens is 448 g/mol. The van der Waals surface area contributed by atoms with Crippen LogP contribution in [0.25, 0.3) is 0 Å². The van der Waals surface area contributed by atoms with Crippen molar-refractivity contribution >= 4 is 33.4 Å². The van der Waals surface area contributed by atoms with Crippen LogP contribution >= 0.6 is 11.8 Å². The molecule has 0 bridgehead atoms. The monoisotopic (exact) mass is 480 g/mol. The largest absolute Gasteiger partial charge is 0.492 e. The van der Waals surface area contributed by atoms with E-state index in [1.165, 1.54) is 11.8 Å². The van der Waals surface area contributed by atoms with Crippen molar-refractivity contribution in [3.8, 4) is 5.75 Å². The van der Waals surface area contributed by atoms with Crippen molar-refractivity contribution in [1.82, 2.24) is 5.32 Å². The molecule has 32 heavy (non-hydrogen) atoms. The van der Waals surface area contributed by atoms with Gasteiger partial charge in [-0.3, -0.25) is 9.10 Å². The molecule has 0 radical (unpaired) electrons. The molecule has 176 valence electrons. The van der Waals surface area contributed by atoms with E-state index in [0.29, 0.717) is 37.6 Å². The van der Waals surface area contributed by atoms with Crippen LogP contribution in [-0.4, -0.2) is 53.0 Å². The molecule has 0 saturated carbocycles. The van der Waals surface area contributed by atoms with E-state index in [9.17, 15) is 13.2 Å². The molecule has 2 aromatic rings. The van der Waals surface area contributed by atoms with Crippen LogP contribution in [0.3, 0.4) is 0 Å². The molecule has 0 saturated heterocycles. The summed E-state index contributed by atoms with van der Waals surface area (Å²) in [7, 11) is -4.00. The molecule has 0 aliphatic carbocycles. The first-order valence-corrected chi connectivity index (χ1v) is 13.2. The van der Waals surface area contributed by atoms with Gasteiger partial charge in [0.05, 0.1) is 23.3 Å². The predicted octanol–water partition coefficient (Wildman–Crippen LogP) is 3.93. The van der Waals surface area contributed by atoms with Crippen molar-refractivity contribution < 1.29 is 22.7 Å². The number of nitrogens with zero attached hydrogens (tertiary/aromatic N) is 1. The number of ether oxygens (including phenoxy) is 2. The summed E-state index contributed by atoms with van der Waals surface area (Å²) in [4.78, 5) is 13.7. The van der Waals surface area contributed by atoms with Gasteiger partial charge in [-0.25, -0.2) is 8.42 Å². The highest BCUT2D eigenvalue weighted by molar-refractivity contribution is 7.98. The van der Waals surface area contributed by atoms with Crippen molar-refractivity contribution in [3.63, 3.8) is 0 Å². The van der Waals surface area contributed by atoms with Crippen LogP contribution in [0.2, 0.25) is 0 Å². The van der Waals surface area contributed by atoms with Crippen molar-refractivity contribution in [2.45, 2.75) is 43.1 Å². The summed E-state index contributed by atoms with van der Waals surface area (Å²) in [5.74, 6) is 0.00241. The second kappa shape index (κ2) is 12.7. The molecule has 0 aliphatic heterocycles. The highest BCUT2D eigenvalue weighted by Gasteiger charge is 2.29. The quantitative estimate of drug-likeness (QED) is 0.345. The summed E-state index contributed by atoms with van der Waals surface area (Å²) in [5.41, 5.74) is 0.321. The van der Waals surface area contributed by atoms with Crippen molar-refractivity contribution in [2.75, 3.05) is 36.9 Å². The van der Waals surface area contributed by atoms with Crippen LogP contribution < -0.4 is 14.4 Å². The molecule has 7 nitrogen and oxygen atoms in total. The fraction of sp³-hybridized carbons (Fsp3) is 0.435. The maximum absolute atomic E-state index is 13.5. The summed E-state index contributed by atoms with van der Waals surface area (Å²) in [6, 6.07) is 13.4. The number of hydrogen-bond acceptors (Lipinski definition) is 6. The SMILES string of the molecule is CCOc1ccccc1N(CC(=O)NCCCOC(C)C)S(=O)(=O)c1ccc(SC)cc1. The first kappa shape index (κ1) is 26.0. The van der Waals surface area contributed by atoms with Crippen LogP contribution in [0.1, 0.15) is 27.2 Å². The Morgan fingerprint density at radius 1 is 1.12 bits per heavy atom. The maximum Gasteiger partial charge on any atom is 0.264 e. The second-order valence-electron chi connectivity index (χ2n) is 7.21. The van der Waals surface area contributed by atoms with Crippen LogP contribution in [0.15, 0.2) is 58.3 Å². The Labute approximate surface area is 195 Å². The molecule has 2 rings (SSSR count). The molecule has 0 aromatic heterocycles. The Kier molecular flexibility index (Phi) is 10.3. The van der Waals surface area contributed by atoms with E-state index >= 15 is 0 Å². The number of nitrogens with one attached hydrogen (secondary N) is 1. The summed E-state index contributed by atoms with van der Waals surface area (Å²) in [6.45, 7) is 6.65. The standard InChI is InChI=1S/C23H32N2O5S2/c1-5-29-22-10-7-6-9-21(22)25(17-23(26)24-15-8-16-30-18(2)3)32(27,28)20-13-11-19(31-4)12-14-20/h6-7,9-14,18H,5,8,15-17H2,1-4H3,(H,24,26). The maximum atomic E-state index is 13.5. The average Bonchev–Trinajstić information content (AvgIpc) is 2.77. The van der Waals surface area contributed by atoms with E-state index in [1.807, 2.05) is 27.0 Å². The number of sulfonamides is 1. The van der Waals surface area contributed by atoms with E-state index < -0.39 is 15.9 Å². The number of thioether (sulfide) groups is 1. The number of para-hydroxylation sites is 2. The van der Waals surface area contributed by atoms with Gasteiger partial charge in [-0.2, -0.15) is 0 Å². The van der Waals surface area contributed by atoms with Gasteiger partial charge in [-0.15, -0.1) is 11.8 Å². The first-order chi connectivity index (χ1) is 15.3. The van der Waals surface area contributed by atoms with Gasteiger partial charge in [0.1, 0.15) is 12.3 Å². The number of anilines is 1. The molecule has 0 atom stereocenters. The van der Waals surface area contributed by atoms with Gasteiger partial charge in [0.25, 0.3) is 10.0 Å². The lowest BCUT2D eigenvalue weighted by atomic mass is 10.3. The lowest BCUT2D eigenvalue weighted by molar-refractivity contribution is -0.119. The molecule has 0 unspecified atom stereocenters. The number of hydrogen-bond donors (Lipinski definition) is 1. The van der Waals surface area contributed by atoms with Crippen LogP contribution in [0.5, 0.6) is 5.75 Å². The number of amides is 1. The molecule has 0 heterocycles. The molecule has 2 aromatic carbocycles. The van der Waals surface area contributed by atoms with Gasteiger partial charge in [0, 0.05) is 18.0 Å². The van der Waals surface area contributed by atoms with Crippen LogP contribution in [-0.2, 0) is 19.6 Å². The van der Waals surface area contributed by atoms with Gasteiger partial charge in [0.15, 0.2) is 0 Å². The Hall–Kier alpha value is -2.23. The fourth-order valence-electron chi connectivity index (χ4n) is 2.92. The zero-order valence-electron chi connectivity index (χ0n) is 19.0. The molecule has 0 spiro atoms. The number of benzene rings is 2. The molecule has 1 amide bonds. The average molecular weight is 481 g/mol. The van der Waals surface area contributed by atoms with Gasteiger partial charge >= 0.3 is 0 Å². The van der Waals surface area contributed by atoms with Crippen molar-refractivity contribution in [3.05, 3.63) is 48.5 Å². The Balaban J connectivity index is 2.28. The summed E-state index contributed by atoms with van der Waals surface area (Å²) >= 11 is 1.52. The van der Waals surface area contributed by atoms with E-state index in [0.717, 1.165) is 9.20 Å². The van der Waals surface area contributed by atoms with Gasteiger partial charge in [0.2, 0.25) is 5.91 Å². The number of carbonyl (C=O) groups is 1. The number of carbonyl (C=O) groups excluding carboxylic acids is 1. The van der Waals surface area contributed by atoms with Crippen molar-refractivity contribution in [2.24, 2.45) is 0 Å². The first-order valence-electron chi connectivity index (χ1n) is 10.6. The van der Waals surface area contributed by atoms with Crippen LogP contribution in [0, 0.1) is 0 Å². The molecule has 0 fully saturated rings. The Morgan fingerprint density at radius 3 is 2.44 bits per heavy atom. The van der Waals surface area contributed by atoms with Gasteiger partial charge < -0.3 is 14.8 Å². The van der Waals surface area contributed by atoms with Crippen LogP contribution in [0.4, 0.5) is 5.69 Å². The predicted molar refractivity (Wildman–Crippen MR) is 129 cm³/mol. The molecular formula is C23H32N2O5S2. The summed E-state index contributed by atoms with van der Waals surface area (Å²) < 4.78 is 39.3. The van der Waals surface area contributed by atoms with E-state index in [4.69, 9.17) is 9.47 Å². The summed E-state index contributed by atoms with van der Waals surface area (Å²) in [5, 5.41) is 2.78. The zero-order valence-corrected chi connectivity index (χ0v) is 20.7. The van der Waals surface area contributed by atoms with Crippen molar-refractivity contribution in [1.29, 1.82) is 0 Å². The number of rotatable bonds is 13. The smallest absolute Gasteiger partial charge is 0.264 e. The lowest BCUT2D eigenvalue weighted by Gasteiger charge is -2.26. The Bertz CT molecular complexity index is 963. The third-order valence-electron chi connectivity index (χ3n) is 4.46. The van der Waals surface area contributed by atoms with E-state index in [1.54, 1.807) is 48.5 Å². The topological polar surface area (TPSA) is 84.9 Å². The normalized spacial score (nSPS) is 11.4. The Morgan fingerprint density at radius 2 is 1.81 bits per heavy atom. The van der Waals surface area contributed by atoms with E-state index in [2.05, 4.69) is 5.32 Å². The molecule has 9 heteroatoms. The third-order valence-corrected chi connectivity index (χ3v) is 6.98. The highest BCUT2D eigenvalue weighted by atomic mass is 32.2. The second-order valence-corrected chi connectivity index (χ2v) is 9.95.